The van der Waals surface area contributed by atoms with Gasteiger partial charge in [-0.15, -0.1) is 0 Å². The number of benzene rings is 3. The monoisotopic (exact) mass is 644 g/mol. The van der Waals surface area contributed by atoms with E-state index in [-0.39, 0.29) is 37.2 Å². The third-order valence-corrected chi connectivity index (χ3v) is 13.8. The van der Waals surface area contributed by atoms with Crippen molar-refractivity contribution in [1.29, 1.82) is 0 Å². The fraction of sp³-hybridized carbons (Fsp3) is 0.371. The van der Waals surface area contributed by atoms with Gasteiger partial charge in [0.25, 0.3) is 0 Å². The second-order valence-corrected chi connectivity index (χ2v) is 16.6. The fourth-order valence-corrected chi connectivity index (χ4v) is 12.5. The van der Waals surface area contributed by atoms with E-state index in [1.807, 2.05) is 0 Å². The normalized spacial score (nSPS) is 13.4. The van der Waals surface area contributed by atoms with Crippen LogP contribution in [0.5, 0.6) is 0 Å². The van der Waals surface area contributed by atoms with Gasteiger partial charge in [-0.2, -0.15) is 0 Å². The Balaban J connectivity index is 0.00000267. The molecule has 4 rings (SSSR count). The summed E-state index contributed by atoms with van der Waals surface area (Å²) in [5.41, 5.74) is 5.89. The smallest absolute Gasteiger partial charge is 1.00 e. The van der Waals surface area contributed by atoms with E-state index < -0.39 is 8.07 Å². The van der Waals surface area contributed by atoms with E-state index in [0.717, 1.165) is 6.42 Å². The largest absolute Gasteiger partial charge is 1.00 e. The SMILES string of the molecule is CC(C)C1=C([Si](c2cccc(C(C)C)c2)(c2cccc(C(C)C)c2)c2cccc(C(C)C)c2)CC=[C]1[Ti+3].[Cl-].[Cl-].[Cl-]. The Kier molecular flexibility index (Phi) is 14.3. The molecule has 212 valence electrons. The van der Waals surface area contributed by atoms with Crippen LogP contribution in [0.4, 0.5) is 0 Å². The molecule has 0 aromatic heterocycles. The van der Waals surface area contributed by atoms with Gasteiger partial charge < -0.3 is 37.2 Å². The zero-order valence-corrected chi connectivity index (χ0v) is 30.0. The van der Waals surface area contributed by atoms with Crippen molar-refractivity contribution in [3.8, 4) is 0 Å². The summed E-state index contributed by atoms with van der Waals surface area (Å²) < 4.78 is 1.47. The Hall–Kier alpha value is -1.06. The van der Waals surface area contributed by atoms with E-state index in [4.69, 9.17) is 0 Å². The number of hydrogen-bond acceptors (Lipinski definition) is 0. The molecule has 0 aliphatic heterocycles. The predicted octanol–water partition coefficient (Wildman–Crippen LogP) is -1.13. The Morgan fingerprint density at radius 3 is 1.20 bits per heavy atom. The third kappa shape index (κ3) is 7.11. The van der Waals surface area contributed by atoms with Gasteiger partial charge >= 0.3 is 240 Å². The molecule has 0 spiro atoms. The standard InChI is InChI=1S/C35H43Si.3ClH.Ti/c1-24(2)28-13-9-16-31(21-28)36(35-20-12-19-34(35)27(7)8,32-17-10-14-29(22-32)25(3)4)33-18-11-15-30(23-33)26(5)6;;;;/h9-18,21-27H,20H2,1-8H3;3*1H;/q;;;;+3/p-3. The van der Waals surface area contributed by atoms with Gasteiger partial charge in [-0.05, 0) is 0 Å². The van der Waals surface area contributed by atoms with Gasteiger partial charge in [-0.3, -0.25) is 0 Å². The van der Waals surface area contributed by atoms with E-state index >= 15 is 0 Å². The molecule has 0 atom stereocenters. The molecule has 0 amide bonds. The van der Waals surface area contributed by atoms with Gasteiger partial charge in [0.15, 0.2) is 0 Å². The Labute approximate surface area is 275 Å². The molecule has 1 aliphatic rings. The van der Waals surface area contributed by atoms with Crippen molar-refractivity contribution >= 4 is 23.6 Å². The molecular formula is C35H43Cl3SiTi. The van der Waals surface area contributed by atoms with Crippen LogP contribution < -0.4 is 52.8 Å². The van der Waals surface area contributed by atoms with Crippen molar-refractivity contribution in [2.75, 3.05) is 0 Å². The Morgan fingerprint density at radius 1 is 0.550 bits per heavy atom. The van der Waals surface area contributed by atoms with Crippen LogP contribution in [-0.2, 0) is 20.4 Å². The second-order valence-electron chi connectivity index (χ2n) is 12.0. The molecule has 1 aliphatic carbocycles. The minimum Gasteiger partial charge on any atom is -1.00 e. The van der Waals surface area contributed by atoms with Crippen LogP contribution in [0.3, 0.4) is 0 Å². The first-order chi connectivity index (χ1) is 17.6. The van der Waals surface area contributed by atoms with Crippen molar-refractivity contribution in [3.63, 3.8) is 0 Å². The van der Waals surface area contributed by atoms with Crippen molar-refractivity contribution in [2.45, 2.75) is 79.6 Å². The van der Waals surface area contributed by atoms with E-state index in [1.165, 1.54) is 36.1 Å². The predicted molar refractivity (Wildman–Crippen MR) is 161 cm³/mol. The molecular weight excluding hydrogens is 603 g/mol. The topological polar surface area (TPSA) is 0 Å². The van der Waals surface area contributed by atoms with Gasteiger partial charge in [0.05, 0.1) is 0 Å². The summed E-state index contributed by atoms with van der Waals surface area (Å²) >= 11 is 2.33. The molecule has 3 aromatic carbocycles. The quantitative estimate of drug-likeness (QED) is 0.215. The van der Waals surface area contributed by atoms with Crippen LogP contribution in [0.25, 0.3) is 0 Å². The molecule has 40 heavy (non-hydrogen) atoms. The minimum absolute atomic E-state index is 0. The zero-order chi connectivity index (χ0) is 26.9. The number of hydrogen-bond donors (Lipinski definition) is 0. The summed E-state index contributed by atoms with van der Waals surface area (Å²) in [7, 11) is -2.56. The summed E-state index contributed by atoms with van der Waals surface area (Å²) in [5.74, 6) is 1.99. The van der Waals surface area contributed by atoms with Gasteiger partial charge in [0.1, 0.15) is 0 Å². The van der Waals surface area contributed by atoms with Crippen molar-refractivity contribution < 1.29 is 57.7 Å². The molecule has 0 saturated carbocycles. The summed E-state index contributed by atoms with van der Waals surface area (Å²) in [4.78, 5) is 0. The molecule has 0 bridgehead atoms. The third-order valence-electron chi connectivity index (χ3n) is 8.11. The molecule has 0 heterocycles. The first kappa shape index (κ1) is 37.0. The fourth-order valence-electron chi connectivity index (χ4n) is 6.02. The van der Waals surface area contributed by atoms with E-state index in [0.29, 0.717) is 23.7 Å². The van der Waals surface area contributed by atoms with Crippen LogP contribution in [-0.4, -0.2) is 8.07 Å². The number of rotatable bonds is 8. The molecule has 5 heteroatoms. The molecule has 0 N–H and O–H groups in total. The number of allylic oxidation sites excluding steroid dienone is 4. The maximum Gasteiger partial charge on any atom is -1.00 e. The van der Waals surface area contributed by atoms with Crippen LogP contribution >= 0.6 is 0 Å². The molecule has 0 fully saturated rings. The van der Waals surface area contributed by atoms with Crippen molar-refractivity contribution in [2.24, 2.45) is 5.92 Å². The molecule has 0 nitrogen and oxygen atoms in total. The van der Waals surface area contributed by atoms with E-state index in [9.17, 15) is 0 Å². The molecule has 3 aromatic rings. The zero-order valence-electron chi connectivity index (χ0n) is 25.2. The van der Waals surface area contributed by atoms with Crippen LogP contribution in [0, 0.1) is 5.92 Å². The maximum absolute atomic E-state index is 2.56. The van der Waals surface area contributed by atoms with Gasteiger partial charge in [-0.25, -0.2) is 0 Å². The van der Waals surface area contributed by atoms with Crippen LogP contribution in [0.2, 0.25) is 0 Å². The number of halogens is 3. The van der Waals surface area contributed by atoms with Gasteiger partial charge in [-0.1, -0.05) is 0 Å². The average Bonchev–Trinajstić information content (AvgIpc) is 3.27. The Morgan fingerprint density at radius 2 is 0.900 bits per heavy atom. The first-order valence-corrected chi connectivity index (χ1v) is 16.8. The van der Waals surface area contributed by atoms with Gasteiger partial charge in [0.2, 0.25) is 0 Å². The summed E-state index contributed by atoms with van der Waals surface area (Å²) in [6.07, 6.45) is 3.55. The molecule has 0 radical (unpaired) electrons. The summed E-state index contributed by atoms with van der Waals surface area (Å²) in [5, 5.41) is 6.26. The molecule has 0 unspecified atom stereocenters. The summed E-state index contributed by atoms with van der Waals surface area (Å²) in [6.45, 7) is 18.7. The van der Waals surface area contributed by atoms with E-state index in [2.05, 4.69) is 155 Å². The maximum atomic E-state index is 2.56. The first-order valence-electron chi connectivity index (χ1n) is 14.0. The van der Waals surface area contributed by atoms with Crippen molar-refractivity contribution in [1.82, 2.24) is 0 Å². The summed E-state index contributed by atoms with van der Waals surface area (Å²) in [6, 6.07) is 28.9. The average molecular weight is 646 g/mol. The minimum atomic E-state index is -2.56. The van der Waals surface area contributed by atoms with E-state index in [1.54, 1.807) is 10.8 Å². The van der Waals surface area contributed by atoms with Gasteiger partial charge in [0, 0.05) is 0 Å². The Bertz CT molecular complexity index is 1210. The molecule has 0 saturated heterocycles. The van der Waals surface area contributed by atoms with Crippen LogP contribution in [0.15, 0.2) is 93.5 Å². The van der Waals surface area contributed by atoms with Crippen LogP contribution in [0.1, 0.15) is 96.3 Å². The van der Waals surface area contributed by atoms with Crippen molar-refractivity contribution in [3.05, 3.63) is 110 Å². The second kappa shape index (κ2) is 15.4.